The lowest BCUT2D eigenvalue weighted by Crippen LogP contribution is -2.29. The van der Waals surface area contributed by atoms with E-state index in [0.717, 1.165) is 22.4 Å². The third-order valence-electron chi connectivity index (χ3n) is 3.87. The fraction of sp³-hybridized carbons (Fsp3) is 0.0500. The predicted octanol–water partition coefficient (Wildman–Crippen LogP) is 4.87. The van der Waals surface area contributed by atoms with Gasteiger partial charge in [-0.3, -0.25) is 4.79 Å². The minimum atomic E-state index is -0.129. The van der Waals surface area contributed by atoms with Crippen LogP contribution in [0.1, 0.15) is 16.1 Å². The molecule has 0 atom stereocenters. The molecule has 4 heteroatoms. The number of nitrogens with zero attached hydrogens (tertiary/aromatic N) is 1. The average Bonchev–Trinajstić information content (AvgIpc) is 3.29. The van der Waals surface area contributed by atoms with Crippen LogP contribution in [0.4, 0.5) is 5.69 Å². The van der Waals surface area contributed by atoms with E-state index in [1.54, 1.807) is 11.0 Å². The molecule has 2 aromatic heterocycles. The summed E-state index contributed by atoms with van der Waals surface area (Å²) < 4.78 is 10.9. The van der Waals surface area contributed by atoms with Gasteiger partial charge in [0.1, 0.15) is 17.6 Å². The van der Waals surface area contributed by atoms with E-state index in [-0.39, 0.29) is 5.91 Å². The topological polar surface area (TPSA) is 46.6 Å². The van der Waals surface area contributed by atoms with Crippen LogP contribution in [0.15, 0.2) is 88.1 Å². The minimum absolute atomic E-state index is 0.129. The highest BCUT2D eigenvalue weighted by Gasteiger charge is 2.20. The lowest BCUT2D eigenvalue weighted by Gasteiger charge is -2.21. The number of amides is 1. The molecule has 118 valence electrons. The molecule has 4 nitrogen and oxygen atoms in total. The van der Waals surface area contributed by atoms with Crippen molar-refractivity contribution in [3.05, 3.63) is 90.6 Å². The molecule has 0 aliphatic rings. The number of carbonyl (C=O) groups is 1. The maximum atomic E-state index is 12.9. The highest BCUT2D eigenvalue weighted by molar-refractivity contribution is 6.05. The third-order valence-corrected chi connectivity index (χ3v) is 3.87. The van der Waals surface area contributed by atoms with Crippen molar-refractivity contribution in [3.63, 3.8) is 0 Å². The van der Waals surface area contributed by atoms with Gasteiger partial charge in [0.15, 0.2) is 0 Å². The first-order valence-electron chi connectivity index (χ1n) is 7.68. The monoisotopic (exact) mass is 317 g/mol. The maximum absolute atomic E-state index is 12.9. The highest BCUT2D eigenvalue weighted by Crippen LogP contribution is 2.24. The molecular formula is C20H15NO3. The summed E-state index contributed by atoms with van der Waals surface area (Å²) in [6, 6.07) is 21.0. The van der Waals surface area contributed by atoms with E-state index < -0.39 is 0 Å². The first-order chi connectivity index (χ1) is 11.8. The molecule has 0 fully saturated rings. The summed E-state index contributed by atoms with van der Waals surface area (Å²) in [5.41, 5.74) is 2.13. The van der Waals surface area contributed by atoms with Gasteiger partial charge in [0.05, 0.1) is 18.4 Å². The fourth-order valence-electron chi connectivity index (χ4n) is 2.70. The van der Waals surface area contributed by atoms with Gasteiger partial charge < -0.3 is 13.7 Å². The summed E-state index contributed by atoms with van der Waals surface area (Å²) >= 11 is 0. The average molecular weight is 317 g/mol. The summed E-state index contributed by atoms with van der Waals surface area (Å²) in [4.78, 5) is 14.5. The van der Waals surface area contributed by atoms with Crippen molar-refractivity contribution >= 4 is 22.6 Å². The number of carbonyl (C=O) groups excluding carboxylic acids is 1. The molecule has 2 heterocycles. The molecule has 0 N–H and O–H groups in total. The standard InChI is InChI=1S/C20H15NO3/c22-20(16-10-11-23-14-16)21(17-7-2-1-3-8-17)13-18-12-15-6-4-5-9-19(15)24-18/h1-12,14H,13H2. The van der Waals surface area contributed by atoms with Gasteiger partial charge in [0.2, 0.25) is 0 Å². The van der Waals surface area contributed by atoms with Gasteiger partial charge in [-0.1, -0.05) is 36.4 Å². The number of hydrogen-bond donors (Lipinski definition) is 0. The maximum Gasteiger partial charge on any atom is 0.261 e. The highest BCUT2D eigenvalue weighted by atomic mass is 16.3. The van der Waals surface area contributed by atoms with Crippen molar-refractivity contribution in [1.29, 1.82) is 0 Å². The Bertz CT molecular complexity index is 922. The van der Waals surface area contributed by atoms with Gasteiger partial charge in [0, 0.05) is 11.1 Å². The Morgan fingerprint density at radius 3 is 2.50 bits per heavy atom. The Morgan fingerprint density at radius 1 is 0.958 bits per heavy atom. The van der Waals surface area contributed by atoms with Crippen molar-refractivity contribution in [2.24, 2.45) is 0 Å². The summed E-state index contributed by atoms with van der Waals surface area (Å²) in [6.07, 6.45) is 2.95. The molecule has 24 heavy (non-hydrogen) atoms. The molecule has 0 spiro atoms. The number of rotatable bonds is 4. The second-order valence-corrected chi connectivity index (χ2v) is 5.49. The minimum Gasteiger partial charge on any atom is -0.472 e. The van der Waals surface area contributed by atoms with Gasteiger partial charge in [-0.15, -0.1) is 0 Å². The van der Waals surface area contributed by atoms with Crippen molar-refractivity contribution in [2.75, 3.05) is 4.90 Å². The lowest BCUT2D eigenvalue weighted by atomic mass is 10.2. The van der Waals surface area contributed by atoms with Crippen molar-refractivity contribution < 1.29 is 13.6 Å². The second kappa shape index (κ2) is 6.08. The molecule has 4 rings (SSSR count). The van der Waals surface area contributed by atoms with Gasteiger partial charge in [0.25, 0.3) is 5.91 Å². The zero-order valence-corrected chi connectivity index (χ0v) is 12.9. The molecule has 0 unspecified atom stereocenters. The first-order valence-corrected chi connectivity index (χ1v) is 7.68. The number of anilines is 1. The van der Waals surface area contributed by atoms with Crippen LogP contribution in [0, 0.1) is 0 Å². The van der Waals surface area contributed by atoms with Crippen molar-refractivity contribution in [3.8, 4) is 0 Å². The molecule has 1 amide bonds. The van der Waals surface area contributed by atoms with Crippen LogP contribution < -0.4 is 4.90 Å². The molecule has 0 bridgehead atoms. The van der Waals surface area contributed by atoms with Crippen LogP contribution in [0.5, 0.6) is 0 Å². The van der Waals surface area contributed by atoms with Gasteiger partial charge in [-0.25, -0.2) is 0 Å². The van der Waals surface area contributed by atoms with Crippen LogP contribution in [0.2, 0.25) is 0 Å². The van der Waals surface area contributed by atoms with E-state index in [1.807, 2.05) is 60.7 Å². The van der Waals surface area contributed by atoms with Crippen LogP contribution in [-0.2, 0) is 6.54 Å². The molecule has 0 aliphatic carbocycles. The van der Waals surface area contributed by atoms with Gasteiger partial charge in [-0.2, -0.15) is 0 Å². The first kappa shape index (κ1) is 14.3. The van der Waals surface area contributed by atoms with Crippen molar-refractivity contribution in [2.45, 2.75) is 6.54 Å². The number of fused-ring (bicyclic) bond motifs is 1. The molecule has 2 aromatic carbocycles. The van der Waals surface area contributed by atoms with Gasteiger partial charge in [-0.05, 0) is 30.3 Å². The SMILES string of the molecule is O=C(c1ccoc1)N(Cc1cc2ccccc2o1)c1ccccc1. The summed E-state index contributed by atoms with van der Waals surface area (Å²) in [5, 5.41) is 1.02. The zero-order valence-electron chi connectivity index (χ0n) is 12.9. The molecule has 0 saturated heterocycles. The third kappa shape index (κ3) is 2.70. The number of hydrogen-bond acceptors (Lipinski definition) is 3. The summed E-state index contributed by atoms with van der Waals surface area (Å²) in [7, 11) is 0. The van der Waals surface area contributed by atoms with E-state index in [4.69, 9.17) is 8.83 Å². The summed E-state index contributed by atoms with van der Waals surface area (Å²) in [6.45, 7) is 0.350. The quantitative estimate of drug-likeness (QED) is 0.539. The Kier molecular flexibility index (Phi) is 3.63. The molecule has 0 saturated carbocycles. The normalized spacial score (nSPS) is 10.8. The predicted molar refractivity (Wildman–Crippen MR) is 91.9 cm³/mol. The zero-order chi connectivity index (χ0) is 16.4. The van der Waals surface area contributed by atoms with Crippen molar-refractivity contribution in [1.82, 2.24) is 0 Å². The van der Waals surface area contributed by atoms with Gasteiger partial charge >= 0.3 is 0 Å². The van der Waals surface area contributed by atoms with E-state index in [9.17, 15) is 4.79 Å². The lowest BCUT2D eigenvalue weighted by molar-refractivity contribution is 0.0983. The van der Waals surface area contributed by atoms with Crippen LogP contribution in [-0.4, -0.2) is 5.91 Å². The summed E-state index contributed by atoms with van der Waals surface area (Å²) in [5.74, 6) is 0.604. The smallest absolute Gasteiger partial charge is 0.261 e. The van der Waals surface area contributed by atoms with E-state index in [2.05, 4.69) is 0 Å². The van der Waals surface area contributed by atoms with E-state index in [1.165, 1.54) is 12.5 Å². The molecular weight excluding hydrogens is 302 g/mol. The molecule has 0 aliphatic heterocycles. The van der Waals surface area contributed by atoms with Crippen LogP contribution >= 0.6 is 0 Å². The van der Waals surface area contributed by atoms with Crippen LogP contribution in [0.25, 0.3) is 11.0 Å². The Balaban J connectivity index is 1.71. The number of benzene rings is 2. The number of para-hydroxylation sites is 2. The Morgan fingerprint density at radius 2 is 1.75 bits per heavy atom. The molecule has 0 radical (unpaired) electrons. The van der Waals surface area contributed by atoms with E-state index >= 15 is 0 Å². The largest absolute Gasteiger partial charge is 0.472 e. The Labute approximate surface area is 138 Å². The van der Waals surface area contributed by atoms with Crippen LogP contribution in [0.3, 0.4) is 0 Å². The molecule has 4 aromatic rings. The number of furan rings is 2. The van der Waals surface area contributed by atoms with E-state index in [0.29, 0.717) is 12.1 Å². The second-order valence-electron chi connectivity index (χ2n) is 5.49. The fourth-order valence-corrected chi connectivity index (χ4v) is 2.70. The Hall–Kier alpha value is -3.27.